The molecule has 1 rings (SSSR count). The minimum Gasteiger partial charge on any atom is -0.480 e. The Morgan fingerprint density at radius 3 is 2.85 bits per heavy atom. The van der Waals surface area contributed by atoms with Gasteiger partial charge in [0, 0.05) is 32.4 Å². The van der Waals surface area contributed by atoms with E-state index in [2.05, 4.69) is 15.6 Å². The zero-order valence-corrected chi connectivity index (χ0v) is 12.4. The first-order valence-electron chi connectivity index (χ1n) is 6.27. The zero-order chi connectivity index (χ0) is 15.0. The Morgan fingerprint density at radius 2 is 2.30 bits per heavy atom. The predicted molar refractivity (Wildman–Crippen MR) is 77.9 cm³/mol. The van der Waals surface area contributed by atoms with E-state index >= 15 is 0 Å². The lowest BCUT2D eigenvalue weighted by atomic mass is 10.2. The Morgan fingerprint density at radius 1 is 1.55 bits per heavy atom. The number of carbonyl (C=O) groups is 2. The number of rotatable bonds is 8. The molecule has 0 unspecified atom stereocenters. The Bertz CT molecular complexity index is 450. The van der Waals surface area contributed by atoms with Crippen LogP contribution in [0.2, 0.25) is 0 Å². The van der Waals surface area contributed by atoms with Crippen LogP contribution in [0.3, 0.4) is 0 Å². The lowest BCUT2D eigenvalue weighted by Crippen LogP contribution is -2.46. The van der Waals surface area contributed by atoms with Gasteiger partial charge >= 0.3 is 12.0 Å². The number of aliphatic carboxylic acids is 1. The molecule has 1 atom stereocenters. The quantitative estimate of drug-likeness (QED) is 0.648. The molecule has 112 valence electrons. The average molecular weight is 300 g/mol. The molecule has 1 aromatic rings. The number of nitrogens with zero attached hydrogens (tertiary/aromatic N) is 2. The van der Waals surface area contributed by atoms with Crippen LogP contribution in [0.5, 0.6) is 0 Å². The number of hydrogen-bond donors (Lipinski definition) is 3. The fraction of sp³-hybridized carbons (Fsp3) is 0.583. The van der Waals surface area contributed by atoms with Crippen molar-refractivity contribution in [1.82, 2.24) is 20.2 Å². The number of carboxylic acid groups (broad SMARTS) is 1. The molecule has 0 radical (unpaired) electrons. The Hall–Kier alpha value is -1.70. The highest BCUT2D eigenvalue weighted by Crippen LogP contribution is 2.01. The fourth-order valence-electron chi connectivity index (χ4n) is 1.63. The van der Waals surface area contributed by atoms with Gasteiger partial charge in [-0.3, -0.25) is 0 Å². The van der Waals surface area contributed by atoms with Crippen molar-refractivity contribution in [2.24, 2.45) is 7.05 Å². The van der Waals surface area contributed by atoms with Crippen molar-refractivity contribution in [3.8, 4) is 0 Å². The molecule has 2 amide bonds. The van der Waals surface area contributed by atoms with Gasteiger partial charge in [-0.2, -0.15) is 11.8 Å². The normalized spacial score (nSPS) is 11.9. The average Bonchev–Trinajstić information content (AvgIpc) is 2.80. The highest BCUT2D eigenvalue weighted by atomic mass is 32.2. The van der Waals surface area contributed by atoms with Crippen LogP contribution in [0.1, 0.15) is 12.2 Å². The van der Waals surface area contributed by atoms with Crippen molar-refractivity contribution in [1.29, 1.82) is 0 Å². The van der Waals surface area contributed by atoms with Gasteiger partial charge in [-0.25, -0.2) is 14.6 Å². The predicted octanol–water partition coefficient (Wildman–Crippen LogP) is 0.468. The van der Waals surface area contributed by atoms with Gasteiger partial charge in [0.05, 0.1) is 0 Å². The molecule has 1 aromatic heterocycles. The van der Waals surface area contributed by atoms with Crippen LogP contribution in [0.15, 0.2) is 12.4 Å². The summed E-state index contributed by atoms with van der Waals surface area (Å²) in [4.78, 5) is 26.7. The molecule has 8 heteroatoms. The second-order valence-electron chi connectivity index (χ2n) is 4.28. The van der Waals surface area contributed by atoms with E-state index in [0.29, 0.717) is 25.1 Å². The minimum absolute atomic E-state index is 0.406. The maximum absolute atomic E-state index is 11.6. The molecule has 0 saturated carbocycles. The molecular weight excluding hydrogens is 280 g/mol. The summed E-state index contributed by atoms with van der Waals surface area (Å²) in [6, 6.07) is -1.32. The summed E-state index contributed by atoms with van der Waals surface area (Å²) in [5.41, 5.74) is 0. The maximum atomic E-state index is 11.6. The summed E-state index contributed by atoms with van der Waals surface area (Å²) in [7, 11) is 1.88. The van der Waals surface area contributed by atoms with Crippen LogP contribution in [-0.4, -0.2) is 51.3 Å². The van der Waals surface area contributed by atoms with Gasteiger partial charge in [0.25, 0.3) is 0 Å². The molecule has 0 bridgehead atoms. The number of carbonyl (C=O) groups excluding carboxylic acids is 1. The molecule has 0 aliphatic heterocycles. The van der Waals surface area contributed by atoms with Gasteiger partial charge in [-0.1, -0.05) is 0 Å². The smallest absolute Gasteiger partial charge is 0.326 e. The molecule has 1 heterocycles. The number of aryl methyl sites for hydroxylation is 1. The van der Waals surface area contributed by atoms with Gasteiger partial charge in [0.1, 0.15) is 11.9 Å². The third-order valence-electron chi connectivity index (χ3n) is 2.77. The maximum Gasteiger partial charge on any atom is 0.326 e. The summed E-state index contributed by atoms with van der Waals surface area (Å²) < 4.78 is 1.87. The number of hydrogen-bond acceptors (Lipinski definition) is 4. The lowest BCUT2D eigenvalue weighted by Gasteiger charge is -2.14. The zero-order valence-electron chi connectivity index (χ0n) is 11.6. The SMILES string of the molecule is CSCC[C@H](NC(=O)NCCc1nccn1C)C(=O)O. The molecule has 7 nitrogen and oxygen atoms in total. The summed E-state index contributed by atoms with van der Waals surface area (Å²) >= 11 is 1.55. The summed E-state index contributed by atoms with van der Waals surface area (Å²) in [5, 5.41) is 14.1. The summed E-state index contributed by atoms with van der Waals surface area (Å²) in [6.07, 6.45) is 6.42. The van der Waals surface area contributed by atoms with Crippen molar-refractivity contribution in [2.75, 3.05) is 18.6 Å². The van der Waals surface area contributed by atoms with Crippen LogP contribution in [0, 0.1) is 0 Å². The van der Waals surface area contributed by atoms with Crippen molar-refractivity contribution >= 4 is 23.8 Å². The van der Waals surface area contributed by atoms with Crippen LogP contribution in [0.4, 0.5) is 4.79 Å². The summed E-state index contributed by atoms with van der Waals surface area (Å²) in [6.45, 7) is 0.408. The lowest BCUT2D eigenvalue weighted by molar-refractivity contribution is -0.139. The Balaban J connectivity index is 2.31. The number of imidazole rings is 1. The Kier molecular flexibility index (Phi) is 6.92. The molecular formula is C12H20N4O3S. The number of thioether (sulfide) groups is 1. The van der Waals surface area contributed by atoms with Gasteiger partial charge in [-0.15, -0.1) is 0 Å². The van der Waals surface area contributed by atoms with E-state index < -0.39 is 18.0 Å². The number of urea groups is 1. The van der Waals surface area contributed by atoms with Crippen LogP contribution in [-0.2, 0) is 18.3 Å². The van der Waals surface area contributed by atoms with Crippen molar-refractivity contribution in [2.45, 2.75) is 18.9 Å². The van der Waals surface area contributed by atoms with Crippen molar-refractivity contribution in [3.63, 3.8) is 0 Å². The highest BCUT2D eigenvalue weighted by molar-refractivity contribution is 7.98. The summed E-state index contributed by atoms with van der Waals surface area (Å²) in [5.74, 6) is 0.533. The van der Waals surface area contributed by atoms with E-state index in [1.54, 1.807) is 18.0 Å². The molecule has 0 saturated heterocycles. The van der Waals surface area contributed by atoms with Crippen molar-refractivity contribution < 1.29 is 14.7 Å². The van der Waals surface area contributed by atoms with Gasteiger partial charge < -0.3 is 20.3 Å². The van der Waals surface area contributed by atoms with E-state index in [0.717, 1.165) is 5.82 Å². The standard InChI is InChI=1S/C12H20N4O3S/c1-16-7-6-13-10(16)3-5-14-12(19)15-9(11(17)18)4-8-20-2/h6-7,9H,3-5,8H2,1-2H3,(H,17,18)(H2,14,15,19)/t9-/m0/s1. The second-order valence-corrected chi connectivity index (χ2v) is 5.26. The topological polar surface area (TPSA) is 96.3 Å². The minimum atomic E-state index is -1.02. The first-order valence-corrected chi connectivity index (χ1v) is 7.66. The molecule has 20 heavy (non-hydrogen) atoms. The number of amides is 2. The Labute approximate surface area is 122 Å². The first-order chi connectivity index (χ1) is 9.54. The van der Waals surface area contributed by atoms with Crippen LogP contribution < -0.4 is 10.6 Å². The molecule has 0 spiro atoms. The van der Waals surface area contributed by atoms with Crippen LogP contribution in [0.25, 0.3) is 0 Å². The monoisotopic (exact) mass is 300 g/mol. The number of carboxylic acids is 1. The van der Waals surface area contributed by atoms with Crippen LogP contribution >= 0.6 is 11.8 Å². The molecule has 0 fully saturated rings. The molecule has 0 aliphatic rings. The van der Waals surface area contributed by atoms with E-state index in [1.165, 1.54) is 0 Å². The molecule has 0 aliphatic carbocycles. The van der Waals surface area contributed by atoms with E-state index in [4.69, 9.17) is 5.11 Å². The van der Waals surface area contributed by atoms with Gasteiger partial charge in [-0.05, 0) is 18.4 Å². The van der Waals surface area contributed by atoms with Crippen molar-refractivity contribution in [3.05, 3.63) is 18.2 Å². The van der Waals surface area contributed by atoms with Gasteiger partial charge in [0.2, 0.25) is 0 Å². The molecule has 0 aromatic carbocycles. The fourth-order valence-corrected chi connectivity index (χ4v) is 2.10. The second kappa shape index (κ2) is 8.47. The van der Waals surface area contributed by atoms with E-state index in [9.17, 15) is 9.59 Å². The van der Waals surface area contributed by atoms with E-state index in [1.807, 2.05) is 24.1 Å². The highest BCUT2D eigenvalue weighted by Gasteiger charge is 2.18. The first kappa shape index (κ1) is 16.4. The third-order valence-corrected chi connectivity index (χ3v) is 3.41. The third kappa shape index (κ3) is 5.52. The van der Waals surface area contributed by atoms with Gasteiger partial charge in [0.15, 0.2) is 0 Å². The van der Waals surface area contributed by atoms with E-state index in [-0.39, 0.29) is 0 Å². The largest absolute Gasteiger partial charge is 0.480 e. The number of aromatic nitrogens is 2. The molecule has 3 N–H and O–H groups in total. The number of nitrogens with one attached hydrogen (secondary N) is 2.